The average molecular weight is 279 g/mol. The highest BCUT2D eigenvalue weighted by Gasteiger charge is 2.33. The van der Waals surface area contributed by atoms with E-state index in [9.17, 15) is 15.0 Å². The molecule has 20 heavy (non-hydrogen) atoms. The molecule has 0 saturated carbocycles. The van der Waals surface area contributed by atoms with Gasteiger partial charge < -0.3 is 15.9 Å². The number of hydrogen-bond acceptors (Lipinski definition) is 5. The van der Waals surface area contributed by atoms with Gasteiger partial charge in [-0.25, -0.2) is 0 Å². The molecule has 8 heteroatoms. The second kappa shape index (κ2) is 6.65. The number of nitrogens with zero attached hydrogens (tertiary/aromatic N) is 3. The first-order valence-corrected chi connectivity index (χ1v) is 5.99. The number of rotatable bonds is 7. The van der Waals surface area contributed by atoms with Gasteiger partial charge in [0.25, 0.3) is 0 Å². The summed E-state index contributed by atoms with van der Waals surface area (Å²) in [4.78, 5) is 14.3. The van der Waals surface area contributed by atoms with Gasteiger partial charge in [0.05, 0.1) is 0 Å². The number of phenolic OH excluding ortho intramolecular Hbond substituents is 2. The van der Waals surface area contributed by atoms with Gasteiger partial charge >= 0.3 is 0 Å². The van der Waals surface area contributed by atoms with Crippen molar-refractivity contribution in [1.29, 1.82) is 0 Å². The van der Waals surface area contributed by atoms with Gasteiger partial charge in [-0.15, -0.1) is 0 Å². The second-order valence-electron chi connectivity index (χ2n) is 4.46. The van der Waals surface area contributed by atoms with Crippen molar-refractivity contribution in [2.75, 3.05) is 13.1 Å². The van der Waals surface area contributed by atoms with Crippen LogP contribution in [0.2, 0.25) is 0 Å². The number of carbonyl (C=O) groups is 1. The molecule has 0 aliphatic rings. The van der Waals surface area contributed by atoms with Crippen LogP contribution >= 0.6 is 0 Å². The maximum Gasteiger partial charge on any atom is 0.242 e. The summed E-state index contributed by atoms with van der Waals surface area (Å²) < 4.78 is 0. The number of benzene rings is 1. The van der Waals surface area contributed by atoms with Crippen molar-refractivity contribution in [3.63, 3.8) is 0 Å². The second-order valence-corrected chi connectivity index (χ2v) is 4.46. The predicted octanol–water partition coefficient (Wildman–Crippen LogP) is 1.09. The lowest BCUT2D eigenvalue weighted by Gasteiger charge is -2.28. The molecule has 1 unspecified atom stereocenters. The van der Waals surface area contributed by atoms with E-state index >= 15 is 0 Å². The highest BCUT2D eigenvalue weighted by molar-refractivity contribution is 5.86. The molecule has 1 atom stereocenters. The summed E-state index contributed by atoms with van der Waals surface area (Å²) in [6, 6.07) is 3.86. The Hall–Kier alpha value is -2.44. The number of azide groups is 1. The summed E-state index contributed by atoms with van der Waals surface area (Å²) >= 11 is 0. The number of phenols is 2. The van der Waals surface area contributed by atoms with Gasteiger partial charge in [0.15, 0.2) is 0 Å². The van der Waals surface area contributed by atoms with Crippen LogP contribution in [0, 0.1) is 0 Å². The van der Waals surface area contributed by atoms with Crippen LogP contribution in [-0.2, 0) is 10.3 Å². The van der Waals surface area contributed by atoms with Gasteiger partial charge in [-0.05, 0) is 43.1 Å². The van der Waals surface area contributed by atoms with E-state index in [4.69, 9.17) is 11.3 Å². The van der Waals surface area contributed by atoms with Gasteiger partial charge in [0.2, 0.25) is 5.91 Å². The third-order valence-corrected chi connectivity index (χ3v) is 2.95. The summed E-state index contributed by atoms with van der Waals surface area (Å²) in [6.07, 6.45) is 0.526. The van der Waals surface area contributed by atoms with E-state index in [0.717, 1.165) is 6.07 Å². The molecule has 0 aliphatic heterocycles. The first-order chi connectivity index (χ1) is 9.40. The molecule has 1 amide bonds. The highest BCUT2D eigenvalue weighted by atomic mass is 16.3. The van der Waals surface area contributed by atoms with Crippen molar-refractivity contribution >= 4 is 5.91 Å². The maximum absolute atomic E-state index is 11.7. The van der Waals surface area contributed by atoms with Crippen LogP contribution in [0.3, 0.4) is 0 Å². The molecule has 5 N–H and O–H groups in total. The Balaban J connectivity index is 2.90. The number of carbonyl (C=O) groups excluding carboxylic acids is 1. The van der Waals surface area contributed by atoms with Gasteiger partial charge in [-0.2, -0.15) is 0 Å². The molecule has 0 aliphatic carbocycles. The topological polar surface area (TPSA) is 144 Å². The van der Waals surface area contributed by atoms with Crippen molar-refractivity contribution < 1.29 is 15.0 Å². The maximum atomic E-state index is 11.7. The molecule has 1 aromatic carbocycles. The quantitative estimate of drug-likeness (QED) is 0.256. The summed E-state index contributed by atoms with van der Waals surface area (Å²) in [5.41, 5.74) is 12.7. The molecule has 0 radical (unpaired) electrons. The van der Waals surface area contributed by atoms with Crippen molar-refractivity contribution in [1.82, 2.24) is 5.32 Å². The van der Waals surface area contributed by atoms with Crippen LogP contribution in [0.5, 0.6) is 11.5 Å². The van der Waals surface area contributed by atoms with Crippen molar-refractivity contribution in [2.24, 2.45) is 10.8 Å². The third kappa shape index (κ3) is 3.78. The molecule has 1 rings (SSSR count). The fraction of sp³-hybridized carbons (Fsp3) is 0.417. The van der Waals surface area contributed by atoms with Gasteiger partial charge in [0, 0.05) is 17.5 Å². The number of nitrogens with one attached hydrogen (secondary N) is 1. The van der Waals surface area contributed by atoms with Crippen LogP contribution in [0.25, 0.3) is 10.4 Å². The summed E-state index contributed by atoms with van der Waals surface area (Å²) in [7, 11) is 0. The molecule has 0 saturated heterocycles. The standard InChI is InChI=1S/C12H17N5O3/c1-12(11(13)20,15-3-2-4-16-17-14)8-5-9(18)7-10(19)6-8/h5-7,15,18-19H,2-4H2,1H3,(H2,13,20). The van der Waals surface area contributed by atoms with Gasteiger partial charge in [0.1, 0.15) is 17.0 Å². The largest absolute Gasteiger partial charge is 0.508 e. The van der Waals surface area contributed by atoms with E-state index < -0.39 is 11.4 Å². The molecular formula is C12H17N5O3. The summed E-state index contributed by atoms with van der Waals surface area (Å²) in [6.45, 7) is 2.23. The monoisotopic (exact) mass is 279 g/mol. The molecule has 0 spiro atoms. The van der Waals surface area contributed by atoms with Crippen LogP contribution in [0.1, 0.15) is 18.9 Å². The number of nitrogens with two attached hydrogens (primary N) is 1. The van der Waals surface area contributed by atoms with Gasteiger partial charge in [-0.1, -0.05) is 5.11 Å². The summed E-state index contributed by atoms with van der Waals surface area (Å²) in [5, 5.41) is 25.3. The number of amides is 1. The van der Waals surface area contributed by atoms with Crippen LogP contribution in [0.15, 0.2) is 23.3 Å². The predicted molar refractivity (Wildman–Crippen MR) is 73.0 cm³/mol. The lowest BCUT2D eigenvalue weighted by Crippen LogP contribution is -2.50. The first kappa shape index (κ1) is 15.6. The number of hydrogen-bond donors (Lipinski definition) is 4. The molecular weight excluding hydrogens is 262 g/mol. The zero-order chi connectivity index (χ0) is 15.2. The van der Waals surface area contributed by atoms with Crippen LogP contribution in [-0.4, -0.2) is 29.2 Å². The fourth-order valence-corrected chi connectivity index (χ4v) is 1.75. The van der Waals surface area contributed by atoms with E-state index in [-0.39, 0.29) is 11.5 Å². The lowest BCUT2D eigenvalue weighted by atomic mass is 9.90. The Morgan fingerprint density at radius 1 is 1.45 bits per heavy atom. The molecule has 108 valence electrons. The Morgan fingerprint density at radius 3 is 2.55 bits per heavy atom. The minimum Gasteiger partial charge on any atom is -0.508 e. The Bertz CT molecular complexity index is 522. The van der Waals surface area contributed by atoms with Gasteiger partial charge in [-0.3, -0.25) is 10.1 Å². The molecule has 8 nitrogen and oxygen atoms in total. The van der Waals surface area contributed by atoms with E-state index in [0.29, 0.717) is 25.1 Å². The Kier molecular flexibility index (Phi) is 5.19. The Morgan fingerprint density at radius 2 is 2.05 bits per heavy atom. The average Bonchev–Trinajstić information content (AvgIpc) is 2.36. The van der Waals surface area contributed by atoms with Crippen molar-refractivity contribution in [3.05, 3.63) is 34.2 Å². The normalized spacial score (nSPS) is 13.2. The zero-order valence-corrected chi connectivity index (χ0v) is 11.1. The van der Waals surface area contributed by atoms with E-state index in [1.807, 2.05) is 0 Å². The molecule has 0 aromatic heterocycles. The smallest absolute Gasteiger partial charge is 0.242 e. The summed E-state index contributed by atoms with van der Waals surface area (Å²) in [5.74, 6) is -0.974. The fourth-order valence-electron chi connectivity index (χ4n) is 1.75. The van der Waals surface area contributed by atoms with Crippen molar-refractivity contribution in [2.45, 2.75) is 18.9 Å². The highest BCUT2D eigenvalue weighted by Crippen LogP contribution is 2.28. The molecule has 0 heterocycles. The van der Waals surface area contributed by atoms with E-state index in [2.05, 4.69) is 15.3 Å². The SMILES string of the molecule is CC(NCCCN=[N+]=[N-])(C(N)=O)c1cc(O)cc(O)c1. The third-order valence-electron chi connectivity index (χ3n) is 2.95. The van der Waals surface area contributed by atoms with Crippen LogP contribution < -0.4 is 11.1 Å². The van der Waals surface area contributed by atoms with Crippen LogP contribution in [0.4, 0.5) is 0 Å². The molecule has 1 aromatic rings. The van der Waals surface area contributed by atoms with E-state index in [1.54, 1.807) is 6.92 Å². The zero-order valence-electron chi connectivity index (χ0n) is 11.1. The first-order valence-electron chi connectivity index (χ1n) is 5.99. The van der Waals surface area contributed by atoms with E-state index in [1.165, 1.54) is 12.1 Å². The number of primary amides is 1. The lowest BCUT2D eigenvalue weighted by molar-refractivity contribution is -0.124. The van der Waals surface area contributed by atoms with Crippen molar-refractivity contribution in [3.8, 4) is 11.5 Å². The minimum absolute atomic E-state index is 0.164. The minimum atomic E-state index is -1.24. The molecule has 0 bridgehead atoms. The Labute approximate surface area is 115 Å². The number of aromatic hydroxyl groups is 2. The molecule has 0 fully saturated rings.